The summed E-state index contributed by atoms with van der Waals surface area (Å²) in [4.78, 5) is 9.83. The molecule has 100 valence electrons. The molecule has 0 saturated heterocycles. The van der Waals surface area contributed by atoms with E-state index in [0.29, 0.717) is 18.5 Å². The van der Waals surface area contributed by atoms with Gasteiger partial charge in [0.25, 0.3) is 0 Å². The van der Waals surface area contributed by atoms with E-state index in [-0.39, 0.29) is 0 Å². The van der Waals surface area contributed by atoms with Crippen molar-refractivity contribution in [2.45, 2.75) is 51.6 Å². The van der Waals surface area contributed by atoms with E-state index in [4.69, 9.17) is 5.84 Å². The normalized spacial score (nSPS) is 17.8. The number of rotatable bonds is 3. The molecule has 0 radical (unpaired) electrons. The second kappa shape index (κ2) is 6.70. The molecule has 0 atom stereocenters. The monoisotopic (exact) mass is 267 g/mol. The average molecular weight is 267 g/mol. The molecule has 1 aliphatic carbocycles. The van der Waals surface area contributed by atoms with Gasteiger partial charge in [-0.15, -0.1) is 11.3 Å². The number of nitrogens with zero attached hydrogens (tertiary/aromatic N) is 2. The van der Waals surface area contributed by atoms with Gasteiger partial charge in [0, 0.05) is 17.1 Å². The number of hydrogen-bond acceptors (Lipinski definition) is 4. The summed E-state index contributed by atoms with van der Waals surface area (Å²) in [7, 11) is 0. The highest BCUT2D eigenvalue weighted by Crippen LogP contribution is 2.17. The fourth-order valence-electron chi connectivity index (χ4n) is 2.21. The Bertz CT molecular complexity index is 395. The van der Waals surface area contributed by atoms with Crippen LogP contribution in [0.15, 0.2) is 11.2 Å². The third-order valence-electron chi connectivity index (χ3n) is 3.14. The molecule has 1 saturated carbocycles. The lowest BCUT2D eigenvalue weighted by atomic mass is 9.96. The Hall–Kier alpha value is -1.14. The van der Waals surface area contributed by atoms with Crippen LogP contribution in [0.4, 0.5) is 0 Å². The maximum absolute atomic E-state index is 5.50. The Morgan fingerprint density at radius 3 is 2.89 bits per heavy atom. The molecule has 1 aliphatic rings. The SMILES string of the molecule is Cc1ncc(CN=C(NN)NC2CCCCC2)s1. The second-order valence-corrected chi connectivity index (χ2v) is 5.95. The van der Waals surface area contributed by atoms with E-state index in [1.807, 2.05) is 13.1 Å². The molecule has 1 fully saturated rings. The topological polar surface area (TPSA) is 75.3 Å². The predicted molar refractivity (Wildman–Crippen MR) is 75.3 cm³/mol. The van der Waals surface area contributed by atoms with Gasteiger partial charge in [-0.3, -0.25) is 5.43 Å². The summed E-state index contributed by atoms with van der Waals surface area (Å²) in [6.07, 6.45) is 8.23. The molecule has 0 aliphatic heterocycles. The van der Waals surface area contributed by atoms with E-state index in [9.17, 15) is 0 Å². The molecule has 4 N–H and O–H groups in total. The number of aromatic nitrogens is 1. The van der Waals surface area contributed by atoms with Crippen molar-refractivity contribution in [2.75, 3.05) is 0 Å². The number of nitrogens with two attached hydrogens (primary N) is 1. The van der Waals surface area contributed by atoms with Crippen LogP contribution in [0.3, 0.4) is 0 Å². The van der Waals surface area contributed by atoms with Crippen molar-refractivity contribution >= 4 is 17.3 Å². The number of hydrazine groups is 1. The highest BCUT2D eigenvalue weighted by atomic mass is 32.1. The molecule has 1 heterocycles. The summed E-state index contributed by atoms with van der Waals surface area (Å²) in [6, 6.07) is 0.511. The van der Waals surface area contributed by atoms with Crippen LogP contribution >= 0.6 is 11.3 Å². The van der Waals surface area contributed by atoms with Gasteiger partial charge >= 0.3 is 0 Å². The van der Waals surface area contributed by atoms with Crippen LogP contribution in [0, 0.1) is 6.92 Å². The number of thiazole rings is 1. The minimum Gasteiger partial charge on any atom is -0.353 e. The first-order valence-electron chi connectivity index (χ1n) is 6.47. The predicted octanol–water partition coefficient (Wildman–Crippen LogP) is 1.69. The number of guanidine groups is 1. The molecular formula is C12H21N5S. The first-order valence-corrected chi connectivity index (χ1v) is 7.28. The van der Waals surface area contributed by atoms with Crippen LogP contribution in [-0.2, 0) is 6.54 Å². The fraction of sp³-hybridized carbons (Fsp3) is 0.667. The van der Waals surface area contributed by atoms with Gasteiger partial charge in [-0.2, -0.15) is 0 Å². The summed E-state index contributed by atoms with van der Waals surface area (Å²) in [6.45, 7) is 2.63. The molecule has 18 heavy (non-hydrogen) atoms. The van der Waals surface area contributed by atoms with Crippen molar-refractivity contribution in [1.82, 2.24) is 15.7 Å². The molecule has 1 aromatic rings. The minimum atomic E-state index is 0.511. The lowest BCUT2D eigenvalue weighted by molar-refractivity contribution is 0.410. The molecule has 2 rings (SSSR count). The quantitative estimate of drug-likeness (QED) is 0.337. The van der Waals surface area contributed by atoms with Crippen LogP contribution in [-0.4, -0.2) is 17.0 Å². The van der Waals surface area contributed by atoms with E-state index >= 15 is 0 Å². The van der Waals surface area contributed by atoms with Crippen molar-refractivity contribution in [2.24, 2.45) is 10.8 Å². The second-order valence-electron chi connectivity index (χ2n) is 4.63. The van der Waals surface area contributed by atoms with Gasteiger partial charge in [0.05, 0.1) is 11.6 Å². The minimum absolute atomic E-state index is 0.511. The van der Waals surface area contributed by atoms with Crippen molar-refractivity contribution in [3.63, 3.8) is 0 Å². The lowest BCUT2D eigenvalue weighted by Gasteiger charge is -2.24. The molecule has 0 spiro atoms. The molecule has 5 nitrogen and oxygen atoms in total. The maximum Gasteiger partial charge on any atom is 0.206 e. The summed E-state index contributed by atoms with van der Waals surface area (Å²) in [5, 5.41) is 4.45. The van der Waals surface area contributed by atoms with Crippen LogP contribution < -0.4 is 16.6 Å². The van der Waals surface area contributed by atoms with E-state index in [0.717, 1.165) is 9.88 Å². The first-order chi connectivity index (χ1) is 8.78. The van der Waals surface area contributed by atoms with E-state index in [1.54, 1.807) is 11.3 Å². The van der Waals surface area contributed by atoms with Gasteiger partial charge in [-0.25, -0.2) is 15.8 Å². The Kier molecular flexibility index (Phi) is 4.95. The maximum atomic E-state index is 5.50. The summed E-state index contributed by atoms with van der Waals surface area (Å²) in [5.41, 5.74) is 2.65. The summed E-state index contributed by atoms with van der Waals surface area (Å²) >= 11 is 1.67. The van der Waals surface area contributed by atoms with Crippen LogP contribution in [0.1, 0.15) is 42.0 Å². The smallest absolute Gasteiger partial charge is 0.206 e. The molecule has 1 aromatic heterocycles. The van der Waals surface area contributed by atoms with Crippen molar-refractivity contribution in [3.8, 4) is 0 Å². The van der Waals surface area contributed by atoms with Crippen LogP contribution in [0.2, 0.25) is 0 Å². The van der Waals surface area contributed by atoms with Crippen molar-refractivity contribution < 1.29 is 0 Å². The first kappa shape index (κ1) is 13.3. The molecule has 0 aromatic carbocycles. The van der Waals surface area contributed by atoms with Gasteiger partial charge in [-0.05, 0) is 19.8 Å². The number of hydrogen-bond donors (Lipinski definition) is 3. The zero-order valence-corrected chi connectivity index (χ0v) is 11.6. The standard InChI is InChI=1S/C12H21N5S/c1-9-14-7-11(18-9)8-15-12(17-13)16-10-5-3-2-4-6-10/h7,10H,2-6,8,13H2,1H3,(H2,15,16,17). The van der Waals surface area contributed by atoms with Gasteiger partial charge < -0.3 is 5.32 Å². The molecule has 0 amide bonds. The van der Waals surface area contributed by atoms with E-state index in [2.05, 4.69) is 20.7 Å². The van der Waals surface area contributed by atoms with Crippen molar-refractivity contribution in [1.29, 1.82) is 0 Å². The largest absolute Gasteiger partial charge is 0.353 e. The number of aryl methyl sites for hydroxylation is 1. The van der Waals surface area contributed by atoms with E-state index in [1.165, 1.54) is 32.1 Å². The molecule has 0 unspecified atom stereocenters. The van der Waals surface area contributed by atoms with Gasteiger partial charge in [0.15, 0.2) is 0 Å². The van der Waals surface area contributed by atoms with Gasteiger partial charge in [0.2, 0.25) is 5.96 Å². The Balaban J connectivity index is 1.86. The number of aliphatic imine (C=N–C) groups is 1. The van der Waals surface area contributed by atoms with Crippen molar-refractivity contribution in [3.05, 3.63) is 16.1 Å². The van der Waals surface area contributed by atoms with Crippen LogP contribution in [0.25, 0.3) is 0 Å². The Morgan fingerprint density at radius 2 is 2.28 bits per heavy atom. The van der Waals surface area contributed by atoms with Gasteiger partial charge in [0.1, 0.15) is 0 Å². The molecule has 6 heteroatoms. The summed E-state index contributed by atoms with van der Waals surface area (Å²) < 4.78 is 0. The lowest BCUT2D eigenvalue weighted by Crippen LogP contribution is -2.47. The third-order valence-corrected chi connectivity index (χ3v) is 4.04. The van der Waals surface area contributed by atoms with E-state index < -0.39 is 0 Å². The highest BCUT2D eigenvalue weighted by molar-refractivity contribution is 7.11. The Labute approximate surface area is 112 Å². The third kappa shape index (κ3) is 3.96. The highest BCUT2D eigenvalue weighted by Gasteiger charge is 2.14. The zero-order chi connectivity index (χ0) is 12.8. The van der Waals surface area contributed by atoms with Gasteiger partial charge in [-0.1, -0.05) is 19.3 Å². The fourth-order valence-corrected chi connectivity index (χ4v) is 2.93. The zero-order valence-electron chi connectivity index (χ0n) is 10.8. The molecule has 0 bridgehead atoms. The molecular weight excluding hydrogens is 246 g/mol. The van der Waals surface area contributed by atoms with Crippen LogP contribution in [0.5, 0.6) is 0 Å². The number of nitrogens with one attached hydrogen (secondary N) is 2. The average Bonchev–Trinajstić information content (AvgIpc) is 2.81. The summed E-state index contributed by atoms with van der Waals surface area (Å²) in [5.74, 6) is 6.19. The Morgan fingerprint density at radius 1 is 1.50 bits per heavy atom.